The third-order valence-corrected chi connectivity index (χ3v) is 3.24. The highest BCUT2D eigenvalue weighted by atomic mass is 19.1. The Bertz CT molecular complexity index is 824. The smallest absolute Gasteiger partial charge is 0.258 e. The number of aromatic nitrogens is 3. The molecule has 0 aliphatic carbocycles. The SMILES string of the molecule is O=C(Nc1ccccc1F)c1cnc(NCc2ccncc2)nc1. The van der Waals surface area contributed by atoms with Crippen molar-refractivity contribution < 1.29 is 9.18 Å². The van der Waals surface area contributed by atoms with Crippen molar-refractivity contribution in [1.82, 2.24) is 15.0 Å². The minimum Gasteiger partial charge on any atom is -0.350 e. The Morgan fingerprint density at radius 2 is 1.75 bits per heavy atom. The Balaban J connectivity index is 1.61. The van der Waals surface area contributed by atoms with Crippen LogP contribution in [0.15, 0.2) is 61.2 Å². The van der Waals surface area contributed by atoms with Crippen LogP contribution in [0.1, 0.15) is 15.9 Å². The molecule has 0 bridgehead atoms. The van der Waals surface area contributed by atoms with Gasteiger partial charge in [0, 0.05) is 31.3 Å². The fourth-order valence-electron chi connectivity index (χ4n) is 1.98. The Labute approximate surface area is 137 Å². The second kappa shape index (κ2) is 7.28. The molecule has 0 unspecified atom stereocenters. The van der Waals surface area contributed by atoms with E-state index in [1.165, 1.54) is 24.5 Å². The minimum atomic E-state index is -0.498. The summed E-state index contributed by atoms with van der Waals surface area (Å²) in [6.07, 6.45) is 6.18. The molecule has 3 aromatic rings. The standard InChI is InChI=1S/C17H14FN5O/c18-14-3-1-2-4-15(14)23-16(24)13-10-21-17(22-11-13)20-9-12-5-7-19-8-6-12/h1-8,10-11H,9H2,(H,23,24)(H,20,21,22). The van der Waals surface area contributed by atoms with Crippen molar-refractivity contribution in [3.63, 3.8) is 0 Å². The Morgan fingerprint density at radius 3 is 2.46 bits per heavy atom. The van der Waals surface area contributed by atoms with Crippen LogP contribution in [0, 0.1) is 5.82 Å². The van der Waals surface area contributed by atoms with Crippen molar-refractivity contribution >= 4 is 17.5 Å². The Hall–Kier alpha value is -3.35. The second-order valence-corrected chi connectivity index (χ2v) is 4.94. The predicted octanol–water partition coefficient (Wildman–Crippen LogP) is 2.88. The number of para-hydroxylation sites is 1. The molecule has 2 N–H and O–H groups in total. The number of halogens is 1. The molecule has 0 fully saturated rings. The summed E-state index contributed by atoms with van der Waals surface area (Å²) < 4.78 is 13.5. The van der Waals surface area contributed by atoms with Crippen LogP contribution in [0.4, 0.5) is 16.0 Å². The van der Waals surface area contributed by atoms with E-state index in [2.05, 4.69) is 25.6 Å². The zero-order chi connectivity index (χ0) is 16.8. The molecule has 24 heavy (non-hydrogen) atoms. The van der Waals surface area contributed by atoms with E-state index < -0.39 is 11.7 Å². The average Bonchev–Trinajstić information content (AvgIpc) is 2.63. The van der Waals surface area contributed by atoms with E-state index in [4.69, 9.17) is 0 Å². The van der Waals surface area contributed by atoms with Gasteiger partial charge >= 0.3 is 0 Å². The molecular weight excluding hydrogens is 309 g/mol. The molecule has 0 spiro atoms. The number of anilines is 2. The minimum absolute atomic E-state index is 0.113. The van der Waals surface area contributed by atoms with Crippen LogP contribution in [0.5, 0.6) is 0 Å². The normalized spacial score (nSPS) is 10.2. The van der Waals surface area contributed by atoms with Gasteiger partial charge in [0.25, 0.3) is 5.91 Å². The summed E-state index contributed by atoms with van der Waals surface area (Å²) in [6.45, 7) is 0.545. The first-order valence-electron chi connectivity index (χ1n) is 7.23. The quantitative estimate of drug-likeness (QED) is 0.755. The molecule has 2 aromatic heterocycles. The molecule has 7 heteroatoms. The average molecular weight is 323 g/mol. The zero-order valence-electron chi connectivity index (χ0n) is 12.6. The van der Waals surface area contributed by atoms with Crippen molar-refractivity contribution in [1.29, 1.82) is 0 Å². The van der Waals surface area contributed by atoms with Crippen LogP contribution in [-0.4, -0.2) is 20.9 Å². The van der Waals surface area contributed by atoms with Gasteiger partial charge in [-0.2, -0.15) is 0 Å². The van der Waals surface area contributed by atoms with Crippen LogP contribution in [0.3, 0.4) is 0 Å². The lowest BCUT2D eigenvalue weighted by atomic mass is 10.2. The largest absolute Gasteiger partial charge is 0.350 e. The summed E-state index contributed by atoms with van der Waals surface area (Å²) in [6, 6.07) is 9.71. The van der Waals surface area contributed by atoms with Crippen molar-refractivity contribution in [3.8, 4) is 0 Å². The molecule has 120 valence electrons. The highest BCUT2D eigenvalue weighted by Crippen LogP contribution is 2.14. The van der Waals surface area contributed by atoms with Crippen LogP contribution < -0.4 is 10.6 Å². The summed E-state index contributed by atoms with van der Waals surface area (Å²) in [7, 11) is 0. The maximum absolute atomic E-state index is 13.5. The monoisotopic (exact) mass is 323 g/mol. The first kappa shape index (κ1) is 15.5. The van der Waals surface area contributed by atoms with E-state index in [0.717, 1.165) is 5.56 Å². The fourth-order valence-corrected chi connectivity index (χ4v) is 1.98. The molecule has 0 aliphatic rings. The number of benzene rings is 1. The van der Waals surface area contributed by atoms with E-state index in [-0.39, 0.29) is 11.3 Å². The first-order valence-corrected chi connectivity index (χ1v) is 7.23. The first-order chi connectivity index (χ1) is 11.7. The van der Waals surface area contributed by atoms with Gasteiger partial charge in [-0.25, -0.2) is 14.4 Å². The third kappa shape index (κ3) is 3.89. The summed E-state index contributed by atoms with van der Waals surface area (Å²) in [5, 5.41) is 5.53. The predicted molar refractivity (Wildman–Crippen MR) is 87.9 cm³/mol. The number of hydrogen-bond acceptors (Lipinski definition) is 5. The van der Waals surface area contributed by atoms with Crippen LogP contribution in [0.2, 0.25) is 0 Å². The lowest BCUT2D eigenvalue weighted by molar-refractivity contribution is 0.102. The number of hydrogen-bond donors (Lipinski definition) is 2. The van der Waals surface area contributed by atoms with Crippen molar-refractivity contribution in [2.24, 2.45) is 0 Å². The number of nitrogens with one attached hydrogen (secondary N) is 2. The van der Waals surface area contributed by atoms with Crippen molar-refractivity contribution in [2.45, 2.75) is 6.54 Å². The molecule has 0 saturated carbocycles. The van der Waals surface area contributed by atoms with Gasteiger partial charge in [0.2, 0.25) is 5.95 Å². The van der Waals surface area contributed by atoms with Gasteiger partial charge < -0.3 is 10.6 Å². The van der Waals surface area contributed by atoms with Gasteiger partial charge in [-0.05, 0) is 29.8 Å². The van der Waals surface area contributed by atoms with Crippen molar-refractivity contribution in [2.75, 3.05) is 10.6 Å². The molecule has 1 aromatic carbocycles. The molecule has 0 atom stereocenters. The topological polar surface area (TPSA) is 79.8 Å². The van der Waals surface area contributed by atoms with Crippen LogP contribution in [-0.2, 0) is 6.54 Å². The Kier molecular flexibility index (Phi) is 4.71. The molecule has 0 radical (unpaired) electrons. The van der Waals surface area contributed by atoms with Crippen molar-refractivity contribution in [3.05, 3.63) is 78.1 Å². The number of nitrogens with zero attached hydrogens (tertiary/aromatic N) is 3. The Morgan fingerprint density at radius 1 is 1.04 bits per heavy atom. The van der Waals surface area contributed by atoms with Gasteiger partial charge in [0.15, 0.2) is 0 Å². The maximum atomic E-state index is 13.5. The zero-order valence-corrected chi connectivity index (χ0v) is 12.6. The van der Waals surface area contributed by atoms with E-state index in [0.29, 0.717) is 12.5 Å². The lowest BCUT2D eigenvalue weighted by Gasteiger charge is -2.07. The van der Waals surface area contributed by atoms with Gasteiger partial charge in [-0.15, -0.1) is 0 Å². The van der Waals surface area contributed by atoms with E-state index >= 15 is 0 Å². The van der Waals surface area contributed by atoms with Crippen LogP contribution >= 0.6 is 0 Å². The summed E-state index contributed by atoms with van der Waals surface area (Å²) in [4.78, 5) is 24.2. The highest BCUT2D eigenvalue weighted by molar-refractivity contribution is 6.03. The molecular formula is C17H14FN5O. The van der Waals surface area contributed by atoms with Gasteiger partial charge in [-0.3, -0.25) is 9.78 Å². The van der Waals surface area contributed by atoms with E-state index in [1.807, 2.05) is 12.1 Å². The number of carbonyl (C=O) groups is 1. The van der Waals surface area contributed by atoms with Gasteiger partial charge in [-0.1, -0.05) is 12.1 Å². The molecule has 6 nitrogen and oxygen atoms in total. The number of pyridine rings is 1. The summed E-state index contributed by atoms with van der Waals surface area (Å²) >= 11 is 0. The number of amides is 1. The fraction of sp³-hybridized carbons (Fsp3) is 0.0588. The molecule has 1 amide bonds. The van der Waals surface area contributed by atoms with Gasteiger partial charge in [0.05, 0.1) is 11.3 Å². The summed E-state index contributed by atoms with van der Waals surface area (Å²) in [5.41, 5.74) is 1.39. The third-order valence-electron chi connectivity index (χ3n) is 3.24. The molecule has 2 heterocycles. The molecule has 0 aliphatic heterocycles. The number of rotatable bonds is 5. The maximum Gasteiger partial charge on any atom is 0.258 e. The van der Waals surface area contributed by atoms with E-state index in [1.54, 1.807) is 24.5 Å². The number of carbonyl (C=O) groups excluding carboxylic acids is 1. The lowest BCUT2D eigenvalue weighted by Crippen LogP contribution is -2.14. The van der Waals surface area contributed by atoms with Gasteiger partial charge in [0.1, 0.15) is 5.82 Å². The molecule has 3 rings (SSSR count). The second-order valence-electron chi connectivity index (χ2n) is 4.94. The van der Waals surface area contributed by atoms with Crippen LogP contribution in [0.25, 0.3) is 0 Å². The highest BCUT2D eigenvalue weighted by Gasteiger charge is 2.10. The summed E-state index contributed by atoms with van der Waals surface area (Å²) in [5.74, 6) is -0.572. The van der Waals surface area contributed by atoms with E-state index in [9.17, 15) is 9.18 Å². The molecule has 0 saturated heterocycles.